The molecule has 0 spiro atoms. The number of benzene rings is 1. The van der Waals surface area contributed by atoms with E-state index in [0.29, 0.717) is 33.3 Å². The number of nitrogens with one attached hydrogen (secondary N) is 3. The maximum absolute atomic E-state index is 12.2. The normalized spacial score (nSPS) is 11.7. The predicted molar refractivity (Wildman–Crippen MR) is 117 cm³/mol. The van der Waals surface area contributed by atoms with E-state index in [1.54, 1.807) is 36.4 Å². The van der Waals surface area contributed by atoms with E-state index in [2.05, 4.69) is 25.0 Å². The quantitative estimate of drug-likeness (QED) is 0.404. The third-order valence-corrected chi connectivity index (χ3v) is 6.07. The highest BCUT2D eigenvalue weighted by molar-refractivity contribution is 7.90. The zero-order valence-electron chi connectivity index (χ0n) is 16.4. The minimum Gasteiger partial charge on any atom is -0.459 e. The Kier molecular flexibility index (Phi) is 5.39. The Morgan fingerprint density at radius 3 is 2.71 bits per heavy atom. The molecule has 0 fully saturated rings. The lowest BCUT2D eigenvalue weighted by atomic mass is 10.2. The van der Waals surface area contributed by atoms with E-state index >= 15 is 0 Å². The predicted octanol–water partition coefficient (Wildman–Crippen LogP) is 3.34. The van der Waals surface area contributed by atoms with E-state index in [0.717, 1.165) is 4.31 Å². The Morgan fingerprint density at radius 1 is 1.19 bits per heavy atom. The van der Waals surface area contributed by atoms with Gasteiger partial charge in [0.05, 0.1) is 28.7 Å². The third kappa shape index (κ3) is 4.38. The molecule has 31 heavy (non-hydrogen) atoms. The second-order valence-corrected chi connectivity index (χ2v) is 8.99. The van der Waals surface area contributed by atoms with Crippen molar-refractivity contribution in [3.8, 4) is 11.4 Å². The monoisotopic (exact) mass is 460 g/mol. The number of imidazole rings is 1. The summed E-state index contributed by atoms with van der Waals surface area (Å²) in [7, 11) is -0.830. The summed E-state index contributed by atoms with van der Waals surface area (Å²) in [5.74, 6) is 0.189. The zero-order chi connectivity index (χ0) is 22.2. The van der Waals surface area contributed by atoms with Crippen LogP contribution < -0.4 is 10.0 Å². The molecule has 0 atom stereocenters. The highest BCUT2D eigenvalue weighted by Gasteiger charge is 2.16. The van der Waals surface area contributed by atoms with Crippen LogP contribution in [0.1, 0.15) is 10.6 Å². The first-order valence-corrected chi connectivity index (χ1v) is 10.8. The molecule has 0 saturated carbocycles. The number of carbonyl (C=O) groups excluding carboxylic acids is 1. The average Bonchev–Trinajstić information content (AvgIpc) is 3.38. The van der Waals surface area contributed by atoms with Gasteiger partial charge < -0.3 is 14.7 Å². The molecule has 0 aliphatic carbocycles. The molecule has 1 aromatic carbocycles. The van der Waals surface area contributed by atoms with Crippen LogP contribution in [0.2, 0.25) is 5.02 Å². The molecule has 0 radical (unpaired) electrons. The number of fused-ring (bicyclic) bond motifs is 1. The third-order valence-electron chi connectivity index (χ3n) is 4.29. The summed E-state index contributed by atoms with van der Waals surface area (Å²) in [6, 6.07) is 9.70. The van der Waals surface area contributed by atoms with Crippen LogP contribution in [0.25, 0.3) is 22.6 Å². The van der Waals surface area contributed by atoms with Gasteiger partial charge in [-0.3, -0.25) is 9.52 Å². The van der Waals surface area contributed by atoms with Gasteiger partial charge in [0.25, 0.3) is 5.91 Å². The Morgan fingerprint density at radius 2 is 2.00 bits per heavy atom. The number of carbonyl (C=O) groups is 1. The molecule has 0 saturated heterocycles. The van der Waals surface area contributed by atoms with Gasteiger partial charge in [0.15, 0.2) is 11.4 Å². The molecule has 160 valence electrons. The van der Waals surface area contributed by atoms with Crippen LogP contribution in [0.15, 0.2) is 53.3 Å². The molecule has 0 unspecified atom stereocenters. The fraction of sp³-hybridized carbons (Fsp3) is 0.105. The molecule has 0 bridgehead atoms. The summed E-state index contributed by atoms with van der Waals surface area (Å²) in [4.78, 5) is 23.9. The first-order valence-electron chi connectivity index (χ1n) is 8.94. The number of rotatable bonds is 6. The van der Waals surface area contributed by atoms with Crippen molar-refractivity contribution in [1.82, 2.24) is 19.3 Å². The van der Waals surface area contributed by atoms with Crippen LogP contribution in [-0.4, -0.2) is 47.7 Å². The van der Waals surface area contributed by atoms with Gasteiger partial charge in [-0.05, 0) is 36.4 Å². The molecule has 10 nitrogen and oxygen atoms in total. The highest BCUT2D eigenvalue weighted by atomic mass is 35.5. The van der Waals surface area contributed by atoms with Gasteiger partial charge in [-0.1, -0.05) is 11.6 Å². The number of hydrogen-bond donors (Lipinski definition) is 3. The van der Waals surface area contributed by atoms with E-state index in [1.807, 2.05) is 0 Å². The number of halogens is 1. The smallest absolute Gasteiger partial charge is 0.301 e. The number of aromatic amines is 1. The highest BCUT2D eigenvalue weighted by Crippen LogP contribution is 2.30. The number of furan rings is 1. The topological polar surface area (TPSA) is 133 Å². The summed E-state index contributed by atoms with van der Waals surface area (Å²) in [6.45, 7) is 0. The minimum atomic E-state index is -3.67. The van der Waals surface area contributed by atoms with Crippen LogP contribution in [0.4, 0.5) is 11.4 Å². The van der Waals surface area contributed by atoms with Crippen LogP contribution >= 0.6 is 11.6 Å². The van der Waals surface area contributed by atoms with Gasteiger partial charge in [0.2, 0.25) is 0 Å². The summed E-state index contributed by atoms with van der Waals surface area (Å²) >= 11 is 6.34. The molecular weight excluding hydrogens is 444 g/mol. The fourth-order valence-electron chi connectivity index (χ4n) is 2.71. The van der Waals surface area contributed by atoms with Gasteiger partial charge in [-0.15, -0.1) is 0 Å². The van der Waals surface area contributed by atoms with Crippen molar-refractivity contribution in [1.29, 1.82) is 0 Å². The Balaban J connectivity index is 1.64. The largest absolute Gasteiger partial charge is 0.459 e. The number of H-pyrrole nitrogens is 1. The van der Waals surface area contributed by atoms with Crippen LogP contribution in [0.3, 0.4) is 0 Å². The van der Waals surface area contributed by atoms with Crippen molar-refractivity contribution in [3.05, 3.63) is 59.6 Å². The van der Waals surface area contributed by atoms with Gasteiger partial charge in [0.1, 0.15) is 5.82 Å². The Bertz CT molecular complexity index is 1370. The number of amides is 1. The van der Waals surface area contributed by atoms with Crippen molar-refractivity contribution in [2.75, 3.05) is 24.1 Å². The Labute approximate surface area is 182 Å². The zero-order valence-corrected chi connectivity index (χ0v) is 18.0. The number of aromatic nitrogens is 3. The second kappa shape index (κ2) is 8.02. The fourth-order valence-corrected chi connectivity index (χ4v) is 3.51. The van der Waals surface area contributed by atoms with Gasteiger partial charge in [-0.25, -0.2) is 9.97 Å². The summed E-state index contributed by atoms with van der Waals surface area (Å²) in [5, 5.41) is 3.14. The number of anilines is 2. The number of nitrogens with zero attached hydrogens (tertiary/aromatic N) is 3. The van der Waals surface area contributed by atoms with Crippen molar-refractivity contribution in [2.24, 2.45) is 0 Å². The minimum absolute atomic E-state index is 0.178. The molecule has 3 aromatic heterocycles. The molecule has 3 N–H and O–H groups in total. The standard InChI is InChI=1S/C19H17ClN6O4S/c1-26(2)31(28,29)25-12-9-15-18(21-10-12)24-17(23-15)13-8-11(5-6-14(13)20)22-19(27)16-4-3-7-30-16/h3-10,25H,1-2H3,(H,22,27)(H,21,23,24). The lowest BCUT2D eigenvalue weighted by Crippen LogP contribution is -2.28. The van der Waals surface area contributed by atoms with E-state index in [1.165, 1.54) is 26.6 Å². The SMILES string of the molecule is CN(C)S(=O)(=O)Nc1cnc2nc(-c3cc(NC(=O)c4ccco4)ccc3Cl)[nH]c2c1. The number of pyridine rings is 1. The average molecular weight is 461 g/mol. The van der Waals surface area contributed by atoms with Crippen molar-refractivity contribution in [2.45, 2.75) is 0 Å². The van der Waals surface area contributed by atoms with Crippen molar-refractivity contribution < 1.29 is 17.6 Å². The Hall–Kier alpha value is -3.41. The summed E-state index contributed by atoms with van der Waals surface area (Å²) in [5.41, 5.74) is 2.20. The molecule has 12 heteroatoms. The van der Waals surface area contributed by atoms with Crippen LogP contribution in [-0.2, 0) is 10.2 Å². The summed E-state index contributed by atoms with van der Waals surface area (Å²) in [6.07, 6.45) is 2.78. The summed E-state index contributed by atoms with van der Waals surface area (Å²) < 4.78 is 32.6. The molecule has 0 aliphatic rings. The first kappa shape index (κ1) is 20.8. The molecular formula is C19H17ClN6O4S. The number of hydrogen-bond acceptors (Lipinski definition) is 6. The lowest BCUT2D eigenvalue weighted by molar-refractivity contribution is 0.0996. The van der Waals surface area contributed by atoms with Gasteiger partial charge in [-0.2, -0.15) is 12.7 Å². The molecule has 4 rings (SSSR count). The van der Waals surface area contributed by atoms with E-state index in [-0.39, 0.29) is 11.4 Å². The van der Waals surface area contributed by atoms with Crippen molar-refractivity contribution in [3.63, 3.8) is 0 Å². The lowest BCUT2D eigenvalue weighted by Gasteiger charge is -2.12. The molecule has 0 aliphatic heterocycles. The van der Waals surface area contributed by atoms with Crippen LogP contribution in [0.5, 0.6) is 0 Å². The first-order chi connectivity index (χ1) is 14.7. The maximum atomic E-state index is 12.2. The van der Waals surface area contributed by atoms with Crippen molar-refractivity contribution >= 4 is 50.3 Å². The van der Waals surface area contributed by atoms with E-state index < -0.39 is 16.1 Å². The van der Waals surface area contributed by atoms with Gasteiger partial charge in [0, 0.05) is 25.3 Å². The molecule has 4 aromatic rings. The molecule has 1 amide bonds. The maximum Gasteiger partial charge on any atom is 0.301 e. The van der Waals surface area contributed by atoms with Crippen LogP contribution in [0, 0.1) is 0 Å². The second-order valence-electron chi connectivity index (χ2n) is 6.70. The van der Waals surface area contributed by atoms with E-state index in [4.69, 9.17) is 16.0 Å². The van der Waals surface area contributed by atoms with E-state index in [9.17, 15) is 13.2 Å². The molecule has 3 heterocycles. The van der Waals surface area contributed by atoms with Gasteiger partial charge >= 0.3 is 10.2 Å².